The summed E-state index contributed by atoms with van der Waals surface area (Å²) in [6.07, 6.45) is 0. The van der Waals surface area contributed by atoms with Gasteiger partial charge in [0.25, 0.3) is 0 Å². The Morgan fingerprint density at radius 3 is 2.67 bits per heavy atom. The van der Waals surface area contributed by atoms with E-state index in [1.807, 2.05) is 6.07 Å². The molecule has 0 spiro atoms. The third-order valence-corrected chi connectivity index (χ3v) is 2.23. The van der Waals surface area contributed by atoms with Gasteiger partial charge in [0.1, 0.15) is 5.75 Å². The normalized spacial score (nSPS) is 10.1. The largest absolute Gasteiger partial charge is 0.475 e. The van der Waals surface area contributed by atoms with E-state index >= 15 is 0 Å². The van der Waals surface area contributed by atoms with E-state index in [0.717, 1.165) is 11.6 Å². The van der Waals surface area contributed by atoms with Crippen molar-refractivity contribution in [3.8, 4) is 5.75 Å². The maximum atomic E-state index is 11.7. The fraction of sp³-hybridized carbons (Fsp3) is 0.0833. The van der Waals surface area contributed by atoms with Crippen LogP contribution in [0.15, 0.2) is 34.9 Å². The molecule has 0 amide bonds. The van der Waals surface area contributed by atoms with Crippen molar-refractivity contribution < 1.29 is 24.0 Å². The van der Waals surface area contributed by atoms with Crippen LogP contribution < -0.4 is 4.74 Å². The summed E-state index contributed by atoms with van der Waals surface area (Å²) >= 11 is 0. The number of aryl methyl sites for hydroxylation is 1. The zero-order chi connectivity index (χ0) is 13.1. The fourth-order valence-corrected chi connectivity index (χ4v) is 1.30. The number of aromatic nitrogens is 1. The van der Waals surface area contributed by atoms with Gasteiger partial charge in [0.15, 0.2) is 5.69 Å². The van der Waals surface area contributed by atoms with Crippen molar-refractivity contribution in [1.29, 1.82) is 0 Å². The molecule has 0 saturated heterocycles. The lowest BCUT2D eigenvalue weighted by molar-refractivity contribution is 0.0647. The maximum Gasteiger partial charge on any atom is 0.374 e. The second-order valence-corrected chi connectivity index (χ2v) is 3.54. The maximum absolute atomic E-state index is 11.7. The summed E-state index contributed by atoms with van der Waals surface area (Å²) in [5.41, 5.74) is 0.600. The Morgan fingerprint density at radius 2 is 2.06 bits per heavy atom. The van der Waals surface area contributed by atoms with Gasteiger partial charge >= 0.3 is 11.9 Å². The van der Waals surface area contributed by atoms with E-state index in [-0.39, 0.29) is 5.69 Å². The van der Waals surface area contributed by atoms with Crippen LogP contribution in [-0.2, 0) is 0 Å². The Bertz CT molecular complexity index is 602. The SMILES string of the molecule is Cc1ccccc1OC(=O)c1cc(C(=O)O)on1. The van der Waals surface area contributed by atoms with E-state index in [4.69, 9.17) is 9.84 Å². The Balaban J connectivity index is 2.17. The molecule has 6 nitrogen and oxygen atoms in total. The van der Waals surface area contributed by atoms with Crippen LogP contribution in [0.5, 0.6) is 5.75 Å². The molecular formula is C12H9NO5. The van der Waals surface area contributed by atoms with Crippen LogP contribution in [0.2, 0.25) is 0 Å². The summed E-state index contributed by atoms with van der Waals surface area (Å²) in [5.74, 6) is -2.08. The number of ether oxygens (including phenoxy) is 1. The van der Waals surface area contributed by atoms with E-state index in [0.29, 0.717) is 5.75 Å². The first kappa shape index (κ1) is 11.8. The second-order valence-electron chi connectivity index (χ2n) is 3.54. The van der Waals surface area contributed by atoms with Gasteiger partial charge < -0.3 is 14.4 Å². The number of carbonyl (C=O) groups is 2. The molecule has 0 atom stereocenters. The number of carbonyl (C=O) groups excluding carboxylic acids is 1. The Kier molecular flexibility index (Phi) is 3.09. The van der Waals surface area contributed by atoms with Crippen molar-refractivity contribution in [3.05, 3.63) is 47.3 Å². The smallest absolute Gasteiger partial charge is 0.374 e. The van der Waals surface area contributed by atoms with Crippen LogP contribution in [0.25, 0.3) is 0 Å². The van der Waals surface area contributed by atoms with Gasteiger partial charge in [-0.15, -0.1) is 0 Å². The predicted octanol–water partition coefficient (Wildman–Crippen LogP) is 1.90. The first-order chi connectivity index (χ1) is 8.58. The van der Waals surface area contributed by atoms with E-state index in [1.165, 1.54) is 0 Å². The molecule has 0 saturated carbocycles. The molecule has 2 rings (SSSR count). The summed E-state index contributed by atoms with van der Waals surface area (Å²) in [5, 5.41) is 12.0. The molecule has 0 aliphatic heterocycles. The highest BCUT2D eigenvalue weighted by Crippen LogP contribution is 2.17. The van der Waals surface area contributed by atoms with Gasteiger partial charge in [0, 0.05) is 6.07 Å². The number of esters is 1. The van der Waals surface area contributed by atoms with Crippen molar-refractivity contribution in [2.24, 2.45) is 0 Å². The standard InChI is InChI=1S/C12H9NO5/c1-7-4-2-3-5-9(7)17-12(16)8-6-10(11(14)15)18-13-8/h2-6H,1H3,(H,14,15). The second kappa shape index (κ2) is 4.70. The minimum atomic E-state index is -1.29. The third kappa shape index (κ3) is 2.37. The molecule has 1 aromatic carbocycles. The zero-order valence-electron chi connectivity index (χ0n) is 9.41. The van der Waals surface area contributed by atoms with Gasteiger partial charge in [-0.2, -0.15) is 0 Å². The summed E-state index contributed by atoms with van der Waals surface area (Å²) < 4.78 is 9.53. The van der Waals surface area contributed by atoms with Crippen LogP contribution in [0.3, 0.4) is 0 Å². The summed E-state index contributed by atoms with van der Waals surface area (Å²) in [7, 11) is 0. The summed E-state index contributed by atoms with van der Waals surface area (Å²) in [6, 6.07) is 7.97. The number of hydrogen-bond donors (Lipinski definition) is 1. The molecule has 1 N–H and O–H groups in total. The minimum Gasteiger partial charge on any atom is -0.475 e. The number of rotatable bonds is 3. The van der Waals surface area contributed by atoms with Gasteiger partial charge in [-0.25, -0.2) is 9.59 Å². The molecule has 0 unspecified atom stereocenters. The molecule has 18 heavy (non-hydrogen) atoms. The van der Waals surface area contributed by atoms with Crippen molar-refractivity contribution in [2.75, 3.05) is 0 Å². The Hall–Kier alpha value is -2.63. The molecular weight excluding hydrogens is 238 g/mol. The fourth-order valence-electron chi connectivity index (χ4n) is 1.30. The van der Waals surface area contributed by atoms with Crippen molar-refractivity contribution in [3.63, 3.8) is 0 Å². The van der Waals surface area contributed by atoms with Crippen LogP contribution in [0.1, 0.15) is 26.6 Å². The van der Waals surface area contributed by atoms with Gasteiger partial charge in [0.2, 0.25) is 5.76 Å². The van der Waals surface area contributed by atoms with Crippen LogP contribution in [0, 0.1) is 6.92 Å². The van der Waals surface area contributed by atoms with E-state index < -0.39 is 17.7 Å². The van der Waals surface area contributed by atoms with Gasteiger partial charge in [-0.3, -0.25) is 0 Å². The molecule has 92 valence electrons. The Morgan fingerprint density at radius 1 is 1.33 bits per heavy atom. The first-order valence-corrected chi connectivity index (χ1v) is 5.06. The number of aromatic carboxylic acids is 1. The quantitative estimate of drug-likeness (QED) is 0.658. The highest BCUT2D eigenvalue weighted by molar-refractivity contribution is 5.92. The zero-order valence-corrected chi connectivity index (χ0v) is 9.41. The monoisotopic (exact) mass is 247 g/mol. The number of carboxylic acid groups (broad SMARTS) is 1. The van der Waals surface area contributed by atoms with Crippen molar-refractivity contribution >= 4 is 11.9 Å². The highest BCUT2D eigenvalue weighted by atomic mass is 16.5. The molecule has 1 heterocycles. The van der Waals surface area contributed by atoms with Crippen molar-refractivity contribution in [1.82, 2.24) is 5.16 Å². The molecule has 0 radical (unpaired) electrons. The highest BCUT2D eigenvalue weighted by Gasteiger charge is 2.18. The minimum absolute atomic E-state index is 0.185. The molecule has 2 aromatic rings. The van der Waals surface area contributed by atoms with Gasteiger partial charge in [0.05, 0.1) is 0 Å². The lowest BCUT2D eigenvalue weighted by Gasteiger charge is -2.04. The third-order valence-electron chi connectivity index (χ3n) is 2.23. The lowest BCUT2D eigenvalue weighted by atomic mass is 10.2. The van der Waals surface area contributed by atoms with E-state index in [9.17, 15) is 9.59 Å². The average molecular weight is 247 g/mol. The summed E-state index contributed by atoms with van der Waals surface area (Å²) in [6.45, 7) is 1.79. The first-order valence-electron chi connectivity index (χ1n) is 5.06. The van der Waals surface area contributed by atoms with Gasteiger partial charge in [-0.1, -0.05) is 23.4 Å². The predicted molar refractivity (Wildman–Crippen MR) is 59.6 cm³/mol. The number of para-hydroxylation sites is 1. The number of benzene rings is 1. The number of carboxylic acids is 1. The van der Waals surface area contributed by atoms with Crippen LogP contribution in [0.4, 0.5) is 0 Å². The van der Waals surface area contributed by atoms with E-state index in [1.54, 1.807) is 25.1 Å². The molecule has 0 aliphatic rings. The topological polar surface area (TPSA) is 89.6 Å². The molecule has 0 aliphatic carbocycles. The van der Waals surface area contributed by atoms with Crippen LogP contribution >= 0.6 is 0 Å². The molecule has 1 aromatic heterocycles. The van der Waals surface area contributed by atoms with Crippen LogP contribution in [-0.4, -0.2) is 22.2 Å². The van der Waals surface area contributed by atoms with Crippen molar-refractivity contribution in [2.45, 2.75) is 6.92 Å². The number of hydrogen-bond acceptors (Lipinski definition) is 5. The van der Waals surface area contributed by atoms with E-state index in [2.05, 4.69) is 9.68 Å². The number of nitrogens with zero attached hydrogens (tertiary/aromatic N) is 1. The summed E-state index contributed by atoms with van der Waals surface area (Å²) in [4.78, 5) is 22.2. The molecule has 0 bridgehead atoms. The van der Waals surface area contributed by atoms with Gasteiger partial charge in [-0.05, 0) is 18.6 Å². The Labute approximate surface area is 102 Å². The lowest BCUT2D eigenvalue weighted by Crippen LogP contribution is -2.09. The molecule has 6 heteroatoms. The molecule has 0 fully saturated rings. The average Bonchev–Trinajstić information content (AvgIpc) is 2.81.